The van der Waals surface area contributed by atoms with Crippen LogP contribution in [0.2, 0.25) is 0 Å². The van der Waals surface area contributed by atoms with E-state index in [-0.39, 0.29) is 17.8 Å². The van der Waals surface area contributed by atoms with Gasteiger partial charge in [-0.3, -0.25) is 9.59 Å². The molecule has 0 bridgehead atoms. The molecule has 0 amide bonds. The van der Waals surface area contributed by atoms with Crippen molar-refractivity contribution >= 4 is 17.5 Å². The second-order valence-electron chi connectivity index (χ2n) is 6.00. The van der Waals surface area contributed by atoms with Crippen LogP contribution in [0.1, 0.15) is 43.1 Å². The van der Waals surface area contributed by atoms with Crippen molar-refractivity contribution in [2.45, 2.75) is 32.6 Å². The van der Waals surface area contributed by atoms with E-state index in [9.17, 15) is 14.4 Å². The third-order valence-electron chi connectivity index (χ3n) is 4.05. The largest absolute Gasteiger partial charge is 0.497 e. The van der Waals surface area contributed by atoms with Crippen LogP contribution in [0.3, 0.4) is 0 Å². The summed E-state index contributed by atoms with van der Waals surface area (Å²) in [6.45, 7) is 5.64. The zero-order valence-electron chi connectivity index (χ0n) is 13.3. The van der Waals surface area contributed by atoms with Crippen LogP contribution >= 0.6 is 0 Å². The fourth-order valence-electron chi connectivity index (χ4n) is 2.90. The highest BCUT2D eigenvalue weighted by molar-refractivity contribution is 6.39. The molecule has 5 nitrogen and oxygen atoms in total. The number of rotatable bonds is 4. The first-order chi connectivity index (χ1) is 10.3. The summed E-state index contributed by atoms with van der Waals surface area (Å²) in [4.78, 5) is 36.5. The van der Waals surface area contributed by atoms with E-state index in [1.807, 2.05) is 19.9 Å². The Morgan fingerprint density at radius 2 is 2.00 bits per heavy atom. The van der Waals surface area contributed by atoms with E-state index in [0.29, 0.717) is 17.7 Å². The van der Waals surface area contributed by atoms with Gasteiger partial charge in [-0.25, -0.2) is 4.79 Å². The monoisotopic (exact) mass is 304 g/mol. The van der Waals surface area contributed by atoms with Gasteiger partial charge in [-0.15, -0.1) is 0 Å². The van der Waals surface area contributed by atoms with Gasteiger partial charge < -0.3 is 9.47 Å². The van der Waals surface area contributed by atoms with E-state index in [0.717, 1.165) is 5.56 Å². The number of fused-ring (bicyclic) bond motifs is 1. The smallest absolute Gasteiger partial charge is 0.375 e. The van der Waals surface area contributed by atoms with Gasteiger partial charge in [-0.2, -0.15) is 0 Å². The molecule has 1 unspecified atom stereocenters. The van der Waals surface area contributed by atoms with Gasteiger partial charge in [-0.1, -0.05) is 19.9 Å². The zero-order valence-corrected chi connectivity index (χ0v) is 13.3. The number of methoxy groups -OCH3 is 1. The van der Waals surface area contributed by atoms with Crippen LogP contribution in [0.15, 0.2) is 18.2 Å². The maximum atomic E-state index is 12.6. The van der Waals surface area contributed by atoms with Crippen LogP contribution in [-0.2, 0) is 19.7 Å². The summed E-state index contributed by atoms with van der Waals surface area (Å²) in [6.07, 6.45) is 0.294. The lowest BCUT2D eigenvalue weighted by atomic mass is 9.66. The molecule has 0 radical (unpaired) electrons. The minimum absolute atomic E-state index is 0.110. The predicted molar refractivity (Wildman–Crippen MR) is 80.1 cm³/mol. The molecule has 0 heterocycles. The lowest BCUT2D eigenvalue weighted by molar-refractivity contribution is -0.155. The first kappa shape index (κ1) is 16.2. The molecule has 22 heavy (non-hydrogen) atoms. The molecule has 1 aromatic rings. The third kappa shape index (κ3) is 2.75. The molecule has 0 fully saturated rings. The summed E-state index contributed by atoms with van der Waals surface area (Å²) in [5.74, 6) is -2.50. The molecule has 118 valence electrons. The van der Waals surface area contributed by atoms with Crippen LogP contribution in [-0.4, -0.2) is 31.3 Å². The molecule has 0 aromatic heterocycles. The van der Waals surface area contributed by atoms with E-state index in [4.69, 9.17) is 9.47 Å². The minimum atomic E-state index is -0.992. The second-order valence-corrected chi connectivity index (χ2v) is 6.00. The number of ether oxygens (including phenoxy) is 2. The van der Waals surface area contributed by atoms with Crippen molar-refractivity contribution in [1.82, 2.24) is 0 Å². The van der Waals surface area contributed by atoms with Gasteiger partial charge in [0.15, 0.2) is 5.78 Å². The first-order valence-electron chi connectivity index (χ1n) is 7.25. The highest BCUT2D eigenvalue weighted by atomic mass is 16.5. The van der Waals surface area contributed by atoms with E-state index in [2.05, 4.69) is 0 Å². The molecular formula is C17H20O5. The normalized spacial score (nSPS) is 19.3. The Bertz CT molecular complexity index is 630. The summed E-state index contributed by atoms with van der Waals surface area (Å²) in [7, 11) is 1.52. The molecule has 1 atom stereocenters. The van der Waals surface area contributed by atoms with Crippen molar-refractivity contribution in [3.63, 3.8) is 0 Å². The van der Waals surface area contributed by atoms with E-state index in [1.165, 1.54) is 7.11 Å². The minimum Gasteiger partial charge on any atom is -0.497 e. The first-order valence-corrected chi connectivity index (χ1v) is 7.25. The summed E-state index contributed by atoms with van der Waals surface area (Å²) in [5.41, 5.74) is 0.923. The maximum absolute atomic E-state index is 12.6. The topological polar surface area (TPSA) is 69.7 Å². The van der Waals surface area contributed by atoms with Crippen molar-refractivity contribution in [2.75, 3.05) is 13.7 Å². The Morgan fingerprint density at radius 1 is 1.32 bits per heavy atom. The Kier molecular flexibility index (Phi) is 4.35. The van der Waals surface area contributed by atoms with Gasteiger partial charge in [0.2, 0.25) is 0 Å². The third-order valence-corrected chi connectivity index (χ3v) is 4.05. The lowest BCUT2D eigenvalue weighted by Gasteiger charge is -2.35. The lowest BCUT2D eigenvalue weighted by Crippen LogP contribution is -2.41. The Morgan fingerprint density at radius 3 is 2.59 bits per heavy atom. The van der Waals surface area contributed by atoms with Gasteiger partial charge in [0.05, 0.1) is 19.6 Å². The number of hydrogen-bond donors (Lipinski definition) is 0. The molecule has 1 aliphatic carbocycles. The second kappa shape index (κ2) is 5.91. The standard InChI is InChI=1S/C17H20O5/c1-5-22-16(20)15(19)12-9-17(2,3)13-7-6-10(21-4)8-11(13)14(12)18/h6-8,12H,5,9H2,1-4H3. The quantitative estimate of drug-likeness (QED) is 0.485. The van der Waals surface area contributed by atoms with Crippen LogP contribution in [0, 0.1) is 5.92 Å². The van der Waals surface area contributed by atoms with Crippen LogP contribution in [0.4, 0.5) is 0 Å². The molecule has 1 aliphatic rings. The number of carbonyl (C=O) groups excluding carboxylic acids is 3. The number of carbonyl (C=O) groups is 3. The number of ketones is 2. The van der Waals surface area contributed by atoms with Crippen molar-refractivity contribution in [1.29, 1.82) is 0 Å². The molecule has 0 N–H and O–H groups in total. The van der Waals surface area contributed by atoms with E-state index in [1.54, 1.807) is 19.1 Å². The molecule has 0 saturated heterocycles. The number of Topliss-reactive ketones (excluding diaryl/α,β-unsaturated/α-hetero) is 2. The average molecular weight is 304 g/mol. The highest BCUT2D eigenvalue weighted by Gasteiger charge is 2.44. The Hall–Kier alpha value is -2.17. The van der Waals surface area contributed by atoms with Gasteiger partial charge in [0, 0.05) is 5.56 Å². The SMILES string of the molecule is CCOC(=O)C(=O)C1CC(C)(C)c2ccc(OC)cc2C1=O. The number of hydrogen-bond acceptors (Lipinski definition) is 5. The highest BCUT2D eigenvalue weighted by Crippen LogP contribution is 2.41. The fourth-order valence-corrected chi connectivity index (χ4v) is 2.90. The van der Waals surface area contributed by atoms with Crippen LogP contribution < -0.4 is 4.74 Å². The Labute approximate surface area is 129 Å². The van der Waals surface area contributed by atoms with Crippen molar-refractivity contribution in [3.05, 3.63) is 29.3 Å². The fraction of sp³-hybridized carbons (Fsp3) is 0.471. The predicted octanol–water partition coefficient (Wildman–Crippen LogP) is 2.31. The summed E-state index contributed by atoms with van der Waals surface area (Å²) < 4.78 is 9.89. The molecule has 2 rings (SSSR count). The van der Waals surface area contributed by atoms with Crippen LogP contribution in [0.5, 0.6) is 5.75 Å². The number of benzene rings is 1. The van der Waals surface area contributed by atoms with E-state index < -0.39 is 17.7 Å². The summed E-state index contributed by atoms with van der Waals surface area (Å²) in [5, 5.41) is 0. The maximum Gasteiger partial charge on any atom is 0.375 e. The molecule has 1 aromatic carbocycles. The summed E-state index contributed by atoms with van der Waals surface area (Å²) >= 11 is 0. The molecule has 0 spiro atoms. The Balaban J connectivity index is 2.44. The van der Waals surface area contributed by atoms with Crippen molar-refractivity contribution in [2.24, 2.45) is 5.92 Å². The molecule has 0 aliphatic heterocycles. The molecule has 0 saturated carbocycles. The van der Waals surface area contributed by atoms with Gasteiger partial charge in [0.1, 0.15) is 5.75 Å². The summed E-state index contributed by atoms with van der Waals surface area (Å²) in [6, 6.07) is 5.27. The van der Waals surface area contributed by atoms with Gasteiger partial charge in [0.25, 0.3) is 5.78 Å². The molecular weight excluding hydrogens is 284 g/mol. The average Bonchev–Trinajstić information content (AvgIpc) is 2.50. The van der Waals surface area contributed by atoms with Crippen molar-refractivity contribution in [3.8, 4) is 5.75 Å². The number of esters is 1. The zero-order chi connectivity index (χ0) is 16.5. The molecule has 5 heteroatoms. The van der Waals surface area contributed by atoms with Gasteiger partial charge in [-0.05, 0) is 36.5 Å². The van der Waals surface area contributed by atoms with Gasteiger partial charge >= 0.3 is 5.97 Å². The van der Waals surface area contributed by atoms with E-state index >= 15 is 0 Å². The van der Waals surface area contributed by atoms with Crippen LogP contribution in [0.25, 0.3) is 0 Å². The van der Waals surface area contributed by atoms with Crippen molar-refractivity contribution < 1.29 is 23.9 Å².